The fourth-order valence-corrected chi connectivity index (χ4v) is 4.82. The zero-order valence-corrected chi connectivity index (χ0v) is 15.9. The third-order valence-electron chi connectivity index (χ3n) is 4.12. The minimum absolute atomic E-state index is 0.194. The molecule has 1 aromatic carbocycles. The van der Waals surface area contributed by atoms with E-state index >= 15 is 0 Å². The molecule has 1 aliphatic heterocycles. The number of rotatable bonds is 6. The van der Waals surface area contributed by atoms with Crippen LogP contribution < -0.4 is 5.73 Å². The number of carbonyl (C=O) groups is 1. The highest BCUT2D eigenvalue weighted by molar-refractivity contribution is 8.00. The predicted molar refractivity (Wildman–Crippen MR) is 96.9 cm³/mol. The molecule has 0 unspecified atom stereocenters. The van der Waals surface area contributed by atoms with Crippen LogP contribution in [0.3, 0.4) is 0 Å². The Hall–Kier alpha value is -1.91. The van der Waals surface area contributed by atoms with Crippen molar-refractivity contribution in [2.45, 2.75) is 41.6 Å². The third kappa shape index (κ3) is 4.08. The van der Waals surface area contributed by atoms with Crippen LogP contribution in [0.25, 0.3) is 11.5 Å². The van der Waals surface area contributed by atoms with E-state index in [1.807, 2.05) is 0 Å². The Labute approximate surface area is 156 Å². The van der Waals surface area contributed by atoms with Crippen LogP contribution in [-0.4, -0.2) is 47.2 Å². The maximum Gasteiger partial charge on any atom is 0.277 e. The van der Waals surface area contributed by atoms with Crippen molar-refractivity contribution in [3.63, 3.8) is 0 Å². The van der Waals surface area contributed by atoms with E-state index in [9.17, 15) is 13.2 Å². The maximum absolute atomic E-state index is 12.8. The van der Waals surface area contributed by atoms with Gasteiger partial charge in [-0.05, 0) is 38.0 Å². The molecule has 2 aromatic rings. The number of piperidine rings is 1. The molecule has 3 rings (SSSR count). The summed E-state index contributed by atoms with van der Waals surface area (Å²) < 4.78 is 32.6. The van der Waals surface area contributed by atoms with Crippen molar-refractivity contribution < 1.29 is 17.6 Å². The van der Waals surface area contributed by atoms with Crippen LogP contribution in [0, 0.1) is 0 Å². The lowest BCUT2D eigenvalue weighted by atomic mass is 10.2. The lowest BCUT2D eigenvalue weighted by molar-refractivity contribution is -0.117. The van der Waals surface area contributed by atoms with E-state index in [1.54, 1.807) is 25.1 Å². The number of nitrogens with two attached hydrogens (primary N) is 1. The highest BCUT2D eigenvalue weighted by Crippen LogP contribution is 2.28. The summed E-state index contributed by atoms with van der Waals surface area (Å²) in [6.45, 7) is 2.72. The minimum Gasteiger partial charge on any atom is -0.411 e. The summed E-state index contributed by atoms with van der Waals surface area (Å²) in [5.74, 6) is -0.288. The fraction of sp³-hybridized carbons (Fsp3) is 0.438. The summed E-state index contributed by atoms with van der Waals surface area (Å²) in [5.41, 5.74) is 5.73. The van der Waals surface area contributed by atoms with Crippen LogP contribution in [0.2, 0.25) is 0 Å². The zero-order valence-electron chi connectivity index (χ0n) is 14.3. The summed E-state index contributed by atoms with van der Waals surface area (Å²) in [4.78, 5) is 11.3. The van der Waals surface area contributed by atoms with Crippen molar-refractivity contribution in [1.29, 1.82) is 0 Å². The molecule has 0 spiro atoms. The summed E-state index contributed by atoms with van der Waals surface area (Å²) in [7, 11) is -3.54. The van der Waals surface area contributed by atoms with Crippen molar-refractivity contribution >= 4 is 27.7 Å². The first-order valence-corrected chi connectivity index (χ1v) is 10.6. The summed E-state index contributed by atoms with van der Waals surface area (Å²) >= 11 is 1.06. The van der Waals surface area contributed by atoms with Gasteiger partial charge in [-0.3, -0.25) is 4.79 Å². The lowest BCUT2D eigenvalue weighted by Crippen LogP contribution is -2.35. The van der Waals surface area contributed by atoms with Gasteiger partial charge in [-0.2, -0.15) is 4.31 Å². The van der Waals surface area contributed by atoms with E-state index in [0.717, 1.165) is 31.0 Å². The molecule has 140 valence electrons. The van der Waals surface area contributed by atoms with Crippen molar-refractivity contribution in [3.8, 4) is 11.5 Å². The number of carbonyl (C=O) groups excluding carboxylic acids is 1. The first kappa shape index (κ1) is 18.9. The fourth-order valence-electron chi connectivity index (χ4n) is 2.63. The van der Waals surface area contributed by atoms with Gasteiger partial charge in [-0.1, -0.05) is 24.2 Å². The molecule has 8 nitrogen and oxygen atoms in total. The quantitative estimate of drug-likeness (QED) is 0.740. The molecule has 26 heavy (non-hydrogen) atoms. The van der Waals surface area contributed by atoms with E-state index in [1.165, 1.54) is 10.4 Å². The number of sulfonamides is 1. The van der Waals surface area contributed by atoms with Gasteiger partial charge in [-0.15, -0.1) is 10.2 Å². The number of hydrogen-bond donors (Lipinski definition) is 1. The smallest absolute Gasteiger partial charge is 0.277 e. The van der Waals surface area contributed by atoms with Crippen LogP contribution in [0.4, 0.5) is 0 Å². The Balaban J connectivity index is 1.83. The molecule has 10 heteroatoms. The average molecular weight is 396 g/mol. The van der Waals surface area contributed by atoms with Crippen LogP contribution >= 0.6 is 11.8 Å². The number of primary amides is 1. The van der Waals surface area contributed by atoms with Gasteiger partial charge in [0.05, 0.1) is 10.1 Å². The van der Waals surface area contributed by atoms with Gasteiger partial charge in [0, 0.05) is 18.7 Å². The molecule has 0 bridgehead atoms. The van der Waals surface area contributed by atoms with Crippen LogP contribution in [-0.2, 0) is 14.8 Å². The Kier molecular flexibility index (Phi) is 5.64. The standard InChI is InChI=1S/C16H20N4O4S2/c1-11(14(17)21)25-16-19-18-15(24-16)12-6-5-7-13(10-12)26(22,23)20-8-3-2-4-9-20/h5-7,10-11H,2-4,8-9H2,1H3,(H2,17,21)/t11-/m0/s1. The van der Waals surface area contributed by atoms with Gasteiger partial charge in [0.25, 0.3) is 5.22 Å². The van der Waals surface area contributed by atoms with E-state index < -0.39 is 21.2 Å². The largest absolute Gasteiger partial charge is 0.411 e. The molecule has 2 heterocycles. The molecule has 1 amide bonds. The van der Waals surface area contributed by atoms with Gasteiger partial charge < -0.3 is 10.2 Å². The number of hydrogen-bond acceptors (Lipinski definition) is 7. The molecular weight excluding hydrogens is 376 g/mol. The molecule has 1 saturated heterocycles. The minimum atomic E-state index is -3.54. The Morgan fingerprint density at radius 3 is 2.69 bits per heavy atom. The molecule has 1 aliphatic rings. The SMILES string of the molecule is C[C@H](Sc1nnc(-c2cccc(S(=O)(=O)N3CCCCC3)c2)o1)C(N)=O. The van der Waals surface area contributed by atoms with Gasteiger partial charge in [0.2, 0.25) is 21.8 Å². The molecule has 2 N–H and O–H groups in total. The van der Waals surface area contributed by atoms with Crippen molar-refractivity contribution in [2.75, 3.05) is 13.1 Å². The zero-order chi connectivity index (χ0) is 18.7. The highest BCUT2D eigenvalue weighted by atomic mass is 32.2. The summed E-state index contributed by atoms with van der Waals surface area (Å²) in [6.07, 6.45) is 2.81. The van der Waals surface area contributed by atoms with Crippen molar-refractivity contribution in [2.24, 2.45) is 5.73 Å². The van der Waals surface area contributed by atoms with Gasteiger partial charge in [-0.25, -0.2) is 8.42 Å². The third-order valence-corrected chi connectivity index (χ3v) is 6.97. The number of nitrogens with zero attached hydrogens (tertiary/aromatic N) is 3. The van der Waals surface area contributed by atoms with Gasteiger partial charge in [0.1, 0.15) is 0 Å². The van der Waals surface area contributed by atoms with Crippen LogP contribution in [0.5, 0.6) is 0 Å². The maximum atomic E-state index is 12.8. The van der Waals surface area contributed by atoms with E-state index in [4.69, 9.17) is 10.2 Å². The van der Waals surface area contributed by atoms with Crippen LogP contribution in [0.15, 0.2) is 38.8 Å². The molecule has 1 aromatic heterocycles. The number of thioether (sulfide) groups is 1. The predicted octanol–water partition coefficient (Wildman–Crippen LogP) is 1.88. The van der Waals surface area contributed by atoms with E-state index in [2.05, 4.69) is 10.2 Å². The first-order valence-electron chi connectivity index (χ1n) is 8.28. The Bertz CT molecular complexity index is 891. The highest BCUT2D eigenvalue weighted by Gasteiger charge is 2.26. The second-order valence-corrected chi connectivity index (χ2v) is 9.26. The molecule has 0 radical (unpaired) electrons. The normalized spacial score (nSPS) is 17.1. The number of aromatic nitrogens is 2. The van der Waals surface area contributed by atoms with Crippen LogP contribution in [0.1, 0.15) is 26.2 Å². The topological polar surface area (TPSA) is 119 Å². The van der Waals surface area contributed by atoms with Crippen molar-refractivity contribution in [1.82, 2.24) is 14.5 Å². The number of benzene rings is 1. The molecule has 0 aliphatic carbocycles. The second kappa shape index (κ2) is 7.77. The van der Waals surface area contributed by atoms with Gasteiger partial charge in [0.15, 0.2) is 0 Å². The Morgan fingerprint density at radius 2 is 2.00 bits per heavy atom. The van der Waals surface area contributed by atoms with E-state index in [-0.39, 0.29) is 16.0 Å². The molecule has 1 fully saturated rings. The van der Waals surface area contributed by atoms with E-state index in [0.29, 0.717) is 18.7 Å². The molecule has 1 atom stereocenters. The first-order chi connectivity index (χ1) is 12.4. The van der Waals surface area contributed by atoms with Gasteiger partial charge >= 0.3 is 0 Å². The monoisotopic (exact) mass is 396 g/mol. The number of amides is 1. The Morgan fingerprint density at radius 1 is 1.27 bits per heavy atom. The average Bonchev–Trinajstić information content (AvgIpc) is 3.11. The summed E-state index contributed by atoms with van der Waals surface area (Å²) in [5, 5.41) is 7.51. The van der Waals surface area contributed by atoms with Crippen molar-refractivity contribution in [3.05, 3.63) is 24.3 Å². The second-order valence-electron chi connectivity index (χ2n) is 6.03. The molecule has 0 saturated carbocycles. The summed E-state index contributed by atoms with van der Waals surface area (Å²) in [6, 6.07) is 6.45. The molecular formula is C16H20N4O4S2. The lowest BCUT2D eigenvalue weighted by Gasteiger charge is -2.25.